The van der Waals surface area contributed by atoms with Crippen LogP contribution in [0.2, 0.25) is 0 Å². The number of nitrogens with one attached hydrogen (secondary N) is 1. The van der Waals surface area contributed by atoms with Crippen LogP contribution in [0.25, 0.3) is 0 Å². The zero-order valence-electron chi connectivity index (χ0n) is 13.9. The number of piperidine rings is 1. The fourth-order valence-electron chi connectivity index (χ4n) is 3.84. The number of aryl methyl sites for hydroxylation is 3. The van der Waals surface area contributed by atoms with Gasteiger partial charge in [0.15, 0.2) is 0 Å². The summed E-state index contributed by atoms with van der Waals surface area (Å²) < 4.78 is 0. The third-order valence-corrected chi connectivity index (χ3v) is 5.22. The fraction of sp³-hybridized carbons (Fsp3) is 0.684. The van der Waals surface area contributed by atoms with Gasteiger partial charge in [-0.15, -0.1) is 0 Å². The van der Waals surface area contributed by atoms with Crippen LogP contribution >= 0.6 is 0 Å². The van der Waals surface area contributed by atoms with Crippen LogP contribution < -0.4 is 5.32 Å². The van der Waals surface area contributed by atoms with Crippen molar-refractivity contribution in [3.8, 4) is 0 Å². The molecule has 0 bridgehead atoms. The predicted molar refractivity (Wildman–Crippen MR) is 89.7 cm³/mol. The van der Waals surface area contributed by atoms with E-state index in [4.69, 9.17) is 0 Å². The maximum atomic E-state index is 3.49. The summed E-state index contributed by atoms with van der Waals surface area (Å²) in [5, 5.41) is 3.49. The van der Waals surface area contributed by atoms with Crippen LogP contribution in [0.15, 0.2) is 12.1 Å². The molecule has 116 valence electrons. The molecule has 1 aromatic rings. The Kier molecular flexibility index (Phi) is 4.66. The highest BCUT2D eigenvalue weighted by molar-refractivity contribution is 5.37. The summed E-state index contributed by atoms with van der Waals surface area (Å²) in [6, 6.07) is 5.55. The standard InChI is InChI=1S/C19H30N2/c1-14-10-15(2)19(16(3)11-14)13-21(18-4-5-18)12-17-6-8-20-9-7-17/h10-11,17-18,20H,4-9,12-13H2,1-3H3. The van der Waals surface area contributed by atoms with Crippen LogP contribution in [0.3, 0.4) is 0 Å². The molecular formula is C19H30N2. The monoisotopic (exact) mass is 286 g/mol. The normalized spacial score (nSPS) is 20.2. The lowest BCUT2D eigenvalue weighted by atomic mass is 9.95. The number of hydrogen-bond donors (Lipinski definition) is 1. The molecule has 0 aromatic heterocycles. The molecule has 1 aliphatic carbocycles. The largest absolute Gasteiger partial charge is 0.317 e. The second kappa shape index (κ2) is 6.50. The van der Waals surface area contributed by atoms with Gasteiger partial charge < -0.3 is 5.32 Å². The van der Waals surface area contributed by atoms with Gasteiger partial charge in [0.2, 0.25) is 0 Å². The third-order valence-electron chi connectivity index (χ3n) is 5.22. The van der Waals surface area contributed by atoms with E-state index < -0.39 is 0 Å². The van der Waals surface area contributed by atoms with E-state index in [1.54, 1.807) is 5.56 Å². The average molecular weight is 286 g/mol. The highest BCUT2D eigenvalue weighted by Crippen LogP contribution is 2.31. The lowest BCUT2D eigenvalue weighted by Crippen LogP contribution is -2.37. The van der Waals surface area contributed by atoms with Crippen LogP contribution in [0.5, 0.6) is 0 Å². The van der Waals surface area contributed by atoms with Gasteiger partial charge in [0.05, 0.1) is 0 Å². The molecular weight excluding hydrogens is 256 g/mol. The lowest BCUT2D eigenvalue weighted by molar-refractivity contribution is 0.189. The minimum atomic E-state index is 0.861. The van der Waals surface area contributed by atoms with E-state index in [9.17, 15) is 0 Å². The molecule has 1 aliphatic heterocycles. The third kappa shape index (κ3) is 3.87. The summed E-state index contributed by atoms with van der Waals surface area (Å²) in [4.78, 5) is 2.78. The van der Waals surface area contributed by atoms with Crippen molar-refractivity contribution in [2.75, 3.05) is 19.6 Å². The Morgan fingerprint density at radius 2 is 1.62 bits per heavy atom. The van der Waals surface area contributed by atoms with E-state index in [0.29, 0.717) is 0 Å². The van der Waals surface area contributed by atoms with E-state index in [0.717, 1.165) is 18.5 Å². The Labute approximate surface area is 129 Å². The first-order chi connectivity index (χ1) is 10.1. The number of rotatable bonds is 5. The molecule has 3 rings (SSSR count). The molecule has 1 aromatic carbocycles. The van der Waals surface area contributed by atoms with Crippen molar-refractivity contribution in [3.05, 3.63) is 34.4 Å². The second-order valence-corrected chi connectivity index (χ2v) is 7.23. The maximum absolute atomic E-state index is 3.49. The van der Waals surface area contributed by atoms with Crippen molar-refractivity contribution in [1.82, 2.24) is 10.2 Å². The van der Waals surface area contributed by atoms with Crippen LogP contribution in [0.1, 0.15) is 47.9 Å². The Morgan fingerprint density at radius 3 is 2.19 bits per heavy atom. The number of benzene rings is 1. The first-order valence-electron chi connectivity index (χ1n) is 8.65. The molecule has 21 heavy (non-hydrogen) atoms. The molecule has 0 atom stereocenters. The molecule has 2 heteroatoms. The smallest absolute Gasteiger partial charge is 0.0242 e. The first-order valence-corrected chi connectivity index (χ1v) is 8.65. The van der Waals surface area contributed by atoms with Crippen LogP contribution in [0, 0.1) is 26.7 Å². The van der Waals surface area contributed by atoms with Crippen LogP contribution in [0.4, 0.5) is 0 Å². The van der Waals surface area contributed by atoms with Crippen molar-refractivity contribution in [1.29, 1.82) is 0 Å². The van der Waals surface area contributed by atoms with Gasteiger partial charge in [-0.05, 0) is 82.2 Å². The van der Waals surface area contributed by atoms with Crippen molar-refractivity contribution in [2.45, 2.75) is 59.0 Å². The predicted octanol–water partition coefficient (Wildman–Crippen LogP) is 3.58. The fourth-order valence-corrected chi connectivity index (χ4v) is 3.84. The second-order valence-electron chi connectivity index (χ2n) is 7.23. The first kappa shape index (κ1) is 15.1. The van der Waals surface area contributed by atoms with Crippen molar-refractivity contribution < 1.29 is 0 Å². The van der Waals surface area contributed by atoms with E-state index in [-0.39, 0.29) is 0 Å². The molecule has 2 aliphatic rings. The molecule has 0 radical (unpaired) electrons. The average Bonchev–Trinajstić information content (AvgIpc) is 3.27. The Balaban J connectivity index is 1.70. The van der Waals surface area contributed by atoms with E-state index in [1.165, 1.54) is 62.0 Å². The molecule has 1 saturated heterocycles. The van der Waals surface area contributed by atoms with E-state index >= 15 is 0 Å². The molecule has 0 amide bonds. The summed E-state index contributed by atoms with van der Waals surface area (Å²) >= 11 is 0. The highest BCUT2D eigenvalue weighted by atomic mass is 15.2. The number of hydrogen-bond acceptors (Lipinski definition) is 2. The van der Waals surface area contributed by atoms with E-state index in [2.05, 4.69) is 43.1 Å². The van der Waals surface area contributed by atoms with Gasteiger partial charge in [-0.2, -0.15) is 0 Å². The summed E-state index contributed by atoms with van der Waals surface area (Å²) in [5.74, 6) is 0.901. The molecule has 2 fully saturated rings. The van der Waals surface area contributed by atoms with Crippen molar-refractivity contribution >= 4 is 0 Å². The lowest BCUT2D eigenvalue weighted by Gasteiger charge is -2.31. The van der Waals surface area contributed by atoms with Gasteiger partial charge in [0.25, 0.3) is 0 Å². The minimum absolute atomic E-state index is 0.861. The molecule has 2 nitrogen and oxygen atoms in total. The summed E-state index contributed by atoms with van der Waals surface area (Å²) in [6.45, 7) is 11.7. The molecule has 0 spiro atoms. The summed E-state index contributed by atoms with van der Waals surface area (Å²) in [6.07, 6.45) is 5.54. The molecule has 0 unspecified atom stereocenters. The Hall–Kier alpha value is -0.860. The van der Waals surface area contributed by atoms with Gasteiger partial charge >= 0.3 is 0 Å². The number of nitrogens with zero attached hydrogens (tertiary/aromatic N) is 1. The van der Waals surface area contributed by atoms with Gasteiger partial charge in [-0.3, -0.25) is 4.90 Å². The molecule has 1 heterocycles. The Morgan fingerprint density at radius 1 is 1.00 bits per heavy atom. The molecule has 1 saturated carbocycles. The Bertz CT molecular complexity index is 461. The SMILES string of the molecule is Cc1cc(C)c(CN(CC2CCNCC2)C2CC2)c(C)c1. The zero-order chi connectivity index (χ0) is 14.8. The van der Waals surface area contributed by atoms with Crippen LogP contribution in [-0.2, 0) is 6.54 Å². The summed E-state index contributed by atoms with van der Waals surface area (Å²) in [5.41, 5.74) is 5.92. The van der Waals surface area contributed by atoms with Crippen LogP contribution in [-0.4, -0.2) is 30.6 Å². The van der Waals surface area contributed by atoms with Crippen molar-refractivity contribution in [2.24, 2.45) is 5.92 Å². The van der Waals surface area contributed by atoms with Crippen molar-refractivity contribution in [3.63, 3.8) is 0 Å². The highest BCUT2D eigenvalue weighted by Gasteiger charge is 2.31. The molecule has 1 N–H and O–H groups in total. The van der Waals surface area contributed by atoms with Gasteiger partial charge in [0.1, 0.15) is 0 Å². The quantitative estimate of drug-likeness (QED) is 0.890. The van der Waals surface area contributed by atoms with Gasteiger partial charge in [0, 0.05) is 19.1 Å². The van der Waals surface area contributed by atoms with Gasteiger partial charge in [-0.25, -0.2) is 0 Å². The summed E-state index contributed by atoms with van der Waals surface area (Å²) in [7, 11) is 0. The zero-order valence-corrected chi connectivity index (χ0v) is 13.9. The van der Waals surface area contributed by atoms with Gasteiger partial charge in [-0.1, -0.05) is 17.7 Å². The van der Waals surface area contributed by atoms with E-state index in [1.807, 2.05) is 0 Å². The maximum Gasteiger partial charge on any atom is 0.0242 e. The minimum Gasteiger partial charge on any atom is -0.317 e. The topological polar surface area (TPSA) is 15.3 Å².